The predicted octanol–water partition coefficient (Wildman–Crippen LogP) is 6.26. The molecule has 0 atom stereocenters. The van der Waals surface area contributed by atoms with Crippen molar-refractivity contribution in [2.75, 3.05) is 0 Å². The lowest BCUT2D eigenvalue weighted by Crippen LogP contribution is -2.01. The molecule has 0 bridgehead atoms. The third-order valence-corrected chi connectivity index (χ3v) is 4.94. The van der Waals surface area contributed by atoms with Gasteiger partial charge in [-0.25, -0.2) is 4.39 Å². The van der Waals surface area contributed by atoms with Crippen molar-refractivity contribution in [1.29, 1.82) is 5.26 Å². The second-order valence-electron chi connectivity index (χ2n) is 6.20. The molecule has 0 radical (unpaired) electrons. The summed E-state index contributed by atoms with van der Waals surface area (Å²) in [5.41, 5.74) is 5.45. The Bertz CT molecular complexity index is 1050. The van der Waals surface area contributed by atoms with Gasteiger partial charge < -0.3 is 4.57 Å². The van der Waals surface area contributed by atoms with Crippen LogP contribution < -0.4 is 0 Å². The molecule has 0 N–H and O–H groups in total. The van der Waals surface area contributed by atoms with Gasteiger partial charge in [-0.3, -0.25) is 0 Å². The maximum atomic E-state index is 14.1. The van der Waals surface area contributed by atoms with Gasteiger partial charge in [-0.05, 0) is 62.2 Å². The highest BCUT2D eigenvalue weighted by atomic mass is 35.5. The molecular weight excluding hydrogens is 347 g/mol. The fraction of sp³-hybridized carbons (Fsp3) is 0.136. The molecule has 1 heterocycles. The van der Waals surface area contributed by atoms with E-state index in [4.69, 9.17) is 11.6 Å². The lowest BCUT2D eigenvalue weighted by atomic mass is 10.0. The SMILES string of the molecule is Cc1c(Cl)cccc1-n1c(C)cc(/C=C(/C#N)c2ccccc2F)c1C. The van der Waals surface area contributed by atoms with E-state index in [9.17, 15) is 9.65 Å². The molecule has 1 aromatic heterocycles. The lowest BCUT2D eigenvalue weighted by Gasteiger charge is -2.13. The fourth-order valence-corrected chi connectivity index (χ4v) is 3.32. The number of aryl methyl sites for hydroxylation is 1. The highest BCUT2D eigenvalue weighted by Crippen LogP contribution is 2.29. The van der Waals surface area contributed by atoms with Crippen LogP contribution in [0.1, 0.15) is 28.1 Å². The number of nitriles is 1. The Morgan fingerprint density at radius 1 is 1.12 bits per heavy atom. The van der Waals surface area contributed by atoms with E-state index in [1.165, 1.54) is 6.07 Å². The summed E-state index contributed by atoms with van der Waals surface area (Å²) >= 11 is 6.27. The van der Waals surface area contributed by atoms with Crippen molar-refractivity contribution < 1.29 is 4.39 Å². The predicted molar refractivity (Wildman–Crippen MR) is 105 cm³/mol. The zero-order valence-corrected chi connectivity index (χ0v) is 15.6. The highest BCUT2D eigenvalue weighted by Gasteiger charge is 2.14. The Kier molecular flexibility index (Phi) is 4.97. The van der Waals surface area contributed by atoms with Gasteiger partial charge in [0.15, 0.2) is 0 Å². The van der Waals surface area contributed by atoms with Crippen LogP contribution >= 0.6 is 11.6 Å². The fourth-order valence-electron chi connectivity index (χ4n) is 3.15. The Morgan fingerprint density at radius 2 is 1.85 bits per heavy atom. The monoisotopic (exact) mass is 364 g/mol. The van der Waals surface area contributed by atoms with Crippen LogP contribution in [-0.2, 0) is 0 Å². The molecule has 0 amide bonds. The van der Waals surface area contributed by atoms with E-state index in [0.29, 0.717) is 16.2 Å². The molecule has 0 aliphatic carbocycles. The van der Waals surface area contributed by atoms with Crippen LogP contribution in [0, 0.1) is 37.9 Å². The molecule has 0 fully saturated rings. The number of halogens is 2. The summed E-state index contributed by atoms with van der Waals surface area (Å²) < 4.78 is 16.2. The maximum absolute atomic E-state index is 14.1. The van der Waals surface area contributed by atoms with Crippen molar-refractivity contribution in [1.82, 2.24) is 4.57 Å². The Morgan fingerprint density at radius 3 is 2.54 bits per heavy atom. The summed E-state index contributed by atoms with van der Waals surface area (Å²) in [5, 5.41) is 10.2. The van der Waals surface area contributed by atoms with Crippen LogP contribution in [0.4, 0.5) is 4.39 Å². The van der Waals surface area contributed by atoms with Crippen LogP contribution in [-0.4, -0.2) is 4.57 Å². The molecule has 0 aliphatic heterocycles. The quantitative estimate of drug-likeness (QED) is 0.504. The number of aromatic nitrogens is 1. The molecule has 0 saturated heterocycles. The van der Waals surface area contributed by atoms with Crippen LogP contribution in [0.25, 0.3) is 17.3 Å². The van der Waals surface area contributed by atoms with E-state index >= 15 is 0 Å². The normalized spacial score (nSPS) is 11.5. The molecule has 0 aliphatic rings. The Labute approximate surface area is 157 Å². The second kappa shape index (κ2) is 7.19. The molecule has 0 saturated carbocycles. The molecular formula is C22H18ClFN2. The number of hydrogen-bond donors (Lipinski definition) is 0. The van der Waals surface area contributed by atoms with Gasteiger partial charge in [0.05, 0.1) is 11.6 Å². The van der Waals surface area contributed by atoms with E-state index in [0.717, 1.165) is 28.2 Å². The Hall–Kier alpha value is -2.83. The molecule has 0 unspecified atom stereocenters. The van der Waals surface area contributed by atoms with Gasteiger partial charge in [-0.2, -0.15) is 5.26 Å². The van der Waals surface area contributed by atoms with Gasteiger partial charge in [-0.1, -0.05) is 35.9 Å². The largest absolute Gasteiger partial charge is 0.318 e. The molecule has 2 nitrogen and oxygen atoms in total. The van der Waals surface area contributed by atoms with Gasteiger partial charge in [0.2, 0.25) is 0 Å². The van der Waals surface area contributed by atoms with E-state index in [-0.39, 0.29) is 0 Å². The summed E-state index contributed by atoms with van der Waals surface area (Å²) in [6.07, 6.45) is 1.73. The number of hydrogen-bond acceptors (Lipinski definition) is 1. The smallest absolute Gasteiger partial charge is 0.131 e. The third kappa shape index (κ3) is 3.16. The average Bonchev–Trinajstić information content (AvgIpc) is 2.90. The second-order valence-corrected chi connectivity index (χ2v) is 6.60. The summed E-state index contributed by atoms with van der Waals surface area (Å²) in [6, 6.07) is 16.2. The minimum Gasteiger partial charge on any atom is -0.318 e. The van der Waals surface area contributed by atoms with E-state index in [1.54, 1.807) is 24.3 Å². The summed E-state index contributed by atoms with van der Waals surface area (Å²) in [7, 11) is 0. The molecule has 0 spiro atoms. The van der Waals surface area contributed by atoms with E-state index in [1.807, 2.05) is 45.0 Å². The van der Waals surface area contributed by atoms with Gasteiger partial charge in [0, 0.05) is 27.7 Å². The number of rotatable bonds is 3. The minimum atomic E-state index is -0.403. The molecule has 26 heavy (non-hydrogen) atoms. The van der Waals surface area contributed by atoms with Crippen molar-refractivity contribution >= 4 is 23.3 Å². The van der Waals surface area contributed by atoms with Gasteiger partial charge in [0.1, 0.15) is 5.82 Å². The van der Waals surface area contributed by atoms with Gasteiger partial charge in [-0.15, -0.1) is 0 Å². The summed E-state index contributed by atoms with van der Waals surface area (Å²) in [4.78, 5) is 0. The number of nitrogens with zero attached hydrogens (tertiary/aromatic N) is 2. The van der Waals surface area contributed by atoms with Crippen LogP contribution in [0.5, 0.6) is 0 Å². The molecule has 130 valence electrons. The van der Waals surface area contributed by atoms with Crippen LogP contribution in [0.15, 0.2) is 48.5 Å². The van der Waals surface area contributed by atoms with Crippen molar-refractivity contribution in [2.45, 2.75) is 20.8 Å². The van der Waals surface area contributed by atoms with Crippen molar-refractivity contribution in [2.24, 2.45) is 0 Å². The zero-order valence-electron chi connectivity index (χ0n) is 14.8. The molecule has 3 aromatic rings. The lowest BCUT2D eigenvalue weighted by molar-refractivity contribution is 0.624. The van der Waals surface area contributed by atoms with Crippen LogP contribution in [0.3, 0.4) is 0 Å². The topological polar surface area (TPSA) is 28.7 Å². The van der Waals surface area contributed by atoms with Crippen molar-refractivity contribution in [3.8, 4) is 11.8 Å². The first-order valence-electron chi connectivity index (χ1n) is 8.25. The van der Waals surface area contributed by atoms with Gasteiger partial charge in [0.25, 0.3) is 0 Å². The first-order valence-corrected chi connectivity index (χ1v) is 8.63. The Balaban J connectivity index is 2.16. The minimum absolute atomic E-state index is 0.297. The molecule has 3 rings (SSSR count). The molecule has 4 heteroatoms. The van der Waals surface area contributed by atoms with Gasteiger partial charge >= 0.3 is 0 Å². The van der Waals surface area contributed by atoms with E-state index in [2.05, 4.69) is 10.6 Å². The van der Waals surface area contributed by atoms with Crippen molar-refractivity contribution in [3.05, 3.63) is 87.4 Å². The number of benzene rings is 2. The standard InChI is InChI=1S/C22H18ClFN2/c1-14-11-17(12-18(13-25)19-7-4-5-9-21(19)24)16(3)26(14)22-10-6-8-20(23)15(22)2/h4-12H,1-3H3/b18-12-. The van der Waals surface area contributed by atoms with Crippen LogP contribution in [0.2, 0.25) is 5.02 Å². The maximum Gasteiger partial charge on any atom is 0.131 e. The first kappa shape index (κ1) is 18.0. The zero-order chi connectivity index (χ0) is 18.8. The molecule has 2 aromatic carbocycles. The third-order valence-electron chi connectivity index (χ3n) is 4.53. The first-order chi connectivity index (χ1) is 12.4. The average molecular weight is 365 g/mol. The number of allylic oxidation sites excluding steroid dienone is 1. The summed E-state index contributed by atoms with van der Waals surface area (Å²) in [6.45, 7) is 5.96. The van der Waals surface area contributed by atoms with E-state index < -0.39 is 5.82 Å². The van der Waals surface area contributed by atoms with Crippen molar-refractivity contribution in [3.63, 3.8) is 0 Å². The highest BCUT2D eigenvalue weighted by molar-refractivity contribution is 6.31. The summed E-state index contributed by atoms with van der Waals surface area (Å²) in [5.74, 6) is -0.403.